The second kappa shape index (κ2) is 7.86. The number of fused-ring (bicyclic) bond motifs is 1. The molecule has 0 unspecified atom stereocenters. The molecule has 2 aromatic carbocycles. The first-order chi connectivity index (χ1) is 13.0. The summed E-state index contributed by atoms with van der Waals surface area (Å²) in [5, 5.41) is 3.24. The highest BCUT2D eigenvalue weighted by atomic mass is 16.5. The Labute approximate surface area is 156 Å². The van der Waals surface area contributed by atoms with Gasteiger partial charge in [0, 0.05) is 22.7 Å². The highest BCUT2D eigenvalue weighted by Crippen LogP contribution is 2.23. The van der Waals surface area contributed by atoms with E-state index >= 15 is 0 Å². The number of nitrogens with one attached hydrogen (secondary N) is 2. The van der Waals surface area contributed by atoms with Gasteiger partial charge in [0.25, 0.3) is 5.91 Å². The molecule has 0 aliphatic carbocycles. The van der Waals surface area contributed by atoms with Crippen molar-refractivity contribution in [1.29, 1.82) is 0 Å². The van der Waals surface area contributed by atoms with Gasteiger partial charge in [0.15, 0.2) is 12.0 Å². The molecular weight excluding hydrogens is 344 g/mol. The van der Waals surface area contributed by atoms with Gasteiger partial charge in [-0.2, -0.15) is 0 Å². The maximum Gasteiger partial charge on any atom is 0.355 e. The third-order valence-electron chi connectivity index (χ3n) is 4.15. The fourth-order valence-electron chi connectivity index (χ4n) is 2.82. The number of aromatic nitrogens is 1. The molecule has 0 aliphatic heterocycles. The molecule has 0 saturated carbocycles. The Kier molecular flexibility index (Phi) is 5.35. The molecule has 1 aromatic heterocycles. The average Bonchev–Trinajstić information content (AvgIpc) is 2.66. The first-order valence-electron chi connectivity index (χ1n) is 8.63. The summed E-state index contributed by atoms with van der Waals surface area (Å²) in [7, 11) is 0. The van der Waals surface area contributed by atoms with Crippen LogP contribution in [0.3, 0.4) is 0 Å². The minimum atomic E-state index is -0.759. The van der Waals surface area contributed by atoms with E-state index in [0.717, 1.165) is 5.56 Å². The summed E-state index contributed by atoms with van der Waals surface area (Å²) in [5.41, 5.74) is 1.94. The predicted octanol–water partition coefficient (Wildman–Crippen LogP) is 3.45. The van der Waals surface area contributed by atoms with Gasteiger partial charge < -0.3 is 15.0 Å². The number of carbonyl (C=O) groups excluding carboxylic acids is 2. The fourth-order valence-corrected chi connectivity index (χ4v) is 2.82. The zero-order valence-corrected chi connectivity index (χ0v) is 15.1. The Morgan fingerprint density at radius 2 is 1.78 bits per heavy atom. The molecular formula is C21H20N2O4. The first-order valence-corrected chi connectivity index (χ1v) is 8.63. The number of pyridine rings is 1. The van der Waals surface area contributed by atoms with Crippen molar-refractivity contribution in [1.82, 2.24) is 4.98 Å². The molecule has 0 aliphatic rings. The van der Waals surface area contributed by atoms with E-state index in [-0.39, 0.29) is 17.0 Å². The van der Waals surface area contributed by atoms with E-state index in [0.29, 0.717) is 16.6 Å². The van der Waals surface area contributed by atoms with Crippen LogP contribution in [0.15, 0.2) is 59.4 Å². The van der Waals surface area contributed by atoms with E-state index in [1.807, 2.05) is 32.0 Å². The number of para-hydroxylation sites is 2. The van der Waals surface area contributed by atoms with Gasteiger partial charge in [0.2, 0.25) is 0 Å². The third-order valence-corrected chi connectivity index (χ3v) is 4.15. The topological polar surface area (TPSA) is 88.3 Å². The zero-order chi connectivity index (χ0) is 19.4. The quantitative estimate of drug-likeness (QED) is 0.679. The number of esters is 1. The maximum absolute atomic E-state index is 12.2. The Hall–Kier alpha value is -3.41. The summed E-state index contributed by atoms with van der Waals surface area (Å²) in [4.78, 5) is 39.3. The van der Waals surface area contributed by atoms with Crippen LogP contribution in [0.5, 0.6) is 0 Å². The van der Waals surface area contributed by atoms with Crippen LogP contribution in [0.4, 0.5) is 5.69 Å². The number of H-pyrrole nitrogens is 1. The van der Waals surface area contributed by atoms with Crippen LogP contribution in [0.2, 0.25) is 0 Å². The standard InChI is InChI=1S/C21H20N2O4/c1-13(2)14-7-3-5-9-16(14)23-20(25)12-27-21(26)18-11-19(24)15-8-4-6-10-17(15)22-18/h3-11,13H,12H2,1-2H3,(H,22,24)(H,23,25). The van der Waals surface area contributed by atoms with Crippen LogP contribution >= 0.6 is 0 Å². The largest absolute Gasteiger partial charge is 0.451 e. The lowest BCUT2D eigenvalue weighted by molar-refractivity contribution is -0.119. The van der Waals surface area contributed by atoms with E-state index in [4.69, 9.17) is 4.74 Å². The lowest BCUT2D eigenvalue weighted by Crippen LogP contribution is -2.22. The van der Waals surface area contributed by atoms with E-state index in [1.165, 1.54) is 6.07 Å². The fraction of sp³-hybridized carbons (Fsp3) is 0.190. The highest BCUT2D eigenvalue weighted by molar-refractivity contribution is 5.96. The van der Waals surface area contributed by atoms with Gasteiger partial charge in [-0.1, -0.05) is 44.2 Å². The van der Waals surface area contributed by atoms with Crippen molar-refractivity contribution in [3.8, 4) is 0 Å². The van der Waals surface area contributed by atoms with Gasteiger partial charge in [-0.05, 0) is 29.7 Å². The minimum absolute atomic E-state index is 0.00841. The molecule has 0 fully saturated rings. The molecule has 3 aromatic rings. The molecule has 0 radical (unpaired) electrons. The number of carbonyl (C=O) groups is 2. The Morgan fingerprint density at radius 3 is 2.56 bits per heavy atom. The summed E-state index contributed by atoms with van der Waals surface area (Å²) in [6, 6.07) is 15.5. The second-order valence-electron chi connectivity index (χ2n) is 6.46. The zero-order valence-electron chi connectivity index (χ0n) is 15.1. The van der Waals surface area contributed by atoms with Crippen molar-refractivity contribution < 1.29 is 14.3 Å². The van der Waals surface area contributed by atoms with Gasteiger partial charge in [-0.25, -0.2) is 4.79 Å². The SMILES string of the molecule is CC(C)c1ccccc1NC(=O)COC(=O)c1cc(=O)c2ccccc2[nH]1. The van der Waals surface area contributed by atoms with E-state index < -0.39 is 18.5 Å². The van der Waals surface area contributed by atoms with Gasteiger partial charge in [0.05, 0.1) is 0 Å². The molecule has 0 saturated heterocycles. The Bertz CT molecular complexity index is 1050. The van der Waals surface area contributed by atoms with Gasteiger partial charge in [-0.15, -0.1) is 0 Å². The number of hydrogen-bond donors (Lipinski definition) is 2. The van der Waals surface area contributed by atoms with Crippen molar-refractivity contribution >= 4 is 28.5 Å². The van der Waals surface area contributed by atoms with Crippen LogP contribution < -0.4 is 10.7 Å². The number of anilines is 1. The highest BCUT2D eigenvalue weighted by Gasteiger charge is 2.14. The van der Waals surface area contributed by atoms with Crippen molar-refractivity contribution in [2.45, 2.75) is 19.8 Å². The van der Waals surface area contributed by atoms with E-state index in [2.05, 4.69) is 10.3 Å². The summed E-state index contributed by atoms with van der Waals surface area (Å²) in [6.45, 7) is 3.61. The molecule has 0 atom stereocenters. The minimum Gasteiger partial charge on any atom is -0.451 e. The third kappa shape index (κ3) is 4.23. The lowest BCUT2D eigenvalue weighted by atomic mass is 10.0. The molecule has 138 valence electrons. The van der Waals surface area contributed by atoms with Crippen molar-refractivity contribution in [2.24, 2.45) is 0 Å². The predicted molar refractivity (Wildman–Crippen MR) is 104 cm³/mol. The molecule has 0 spiro atoms. The van der Waals surface area contributed by atoms with E-state index in [9.17, 15) is 14.4 Å². The van der Waals surface area contributed by atoms with Gasteiger partial charge in [0.1, 0.15) is 5.69 Å². The van der Waals surface area contributed by atoms with Crippen LogP contribution in [-0.4, -0.2) is 23.5 Å². The van der Waals surface area contributed by atoms with Crippen LogP contribution in [0.1, 0.15) is 35.8 Å². The van der Waals surface area contributed by atoms with Crippen LogP contribution in [0, 0.1) is 0 Å². The van der Waals surface area contributed by atoms with Gasteiger partial charge in [-0.3, -0.25) is 9.59 Å². The van der Waals surface area contributed by atoms with Crippen molar-refractivity contribution in [3.05, 3.63) is 76.1 Å². The smallest absolute Gasteiger partial charge is 0.355 e. The van der Waals surface area contributed by atoms with Crippen LogP contribution in [0.25, 0.3) is 10.9 Å². The Morgan fingerprint density at radius 1 is 1.07 bits per heavy atom. The molecule has 2 N–H and O–H groups in total. The molecule has 6 nitrogen and oxygen atoms in total. The number of benzene rings is 2. The molecule has 0 bridgehead atoms. The van der Waals surface area contributed by atoms with Crippen molar-refractivity contribution in [2.75, 3.05) is 11.9 Å². The van der Waals surface area contributed by atoms with Crippen LogP contribution in [-0.2, 0) is 9.53 Å². The monoisotopic (exact) mass is 364 g/mol. The summed E-state index contributed by atoms with van der Waals surface area (Å²) >= 11 is 0. The lowest BCUT2D eigenvalue weighted by Gasteiger charge is -2.13. The molecule has 6 heteroatoms. The number of rotatable bonds is 5. The normalized spacial score (nSPS) is 10.8. The Balaban J connectivity index is 1.67. The average molecular weight is 364 g/mol. The van der Waals surface area contributed by atoms with E-state index in [1.54, 1.807) is 30.3 Å². The number of hydrogen-bond acceptors (Lipinski definition) is 4. The number of amides is 1. The molecule has 1 heterocycles. The molecule has 27 heavy (non-hydrogen) atoms. The maximum atomic E-state index is 12.2. The molecule has 3 rings (SSSR count). The summed E-state index contributed by atoms with van der Waals surface area (Å²) < 4.78 is 5.05. The summed E-state index contributed by atoms with van der Waals surface area (Å²) in [6.07, 6.45) is 0. The number of ether oxygens (including phenoxy) is 1. The first kappa shape index (κ1) is 18.4. The summed E-state index contributed by atoms with van der Waals surface area (Å²) in [5.74, 6) is -0.962. The molecule has 1 amide bonds. The second-order valence-corrected chi connectivity index (χ2v) is 6.46. The van der Waals surface area contributed by atoms with Crippen molar-refractivity contribution in [3.63, 3.8) is 0 Å². The number of aromatic amines is 1. The van der Waals surface area contributed by atoms with Gasteiger partial charge >= 0.3 is 5.97 Å².